The summed E-state index contributed by atoms with van der Waals surface area (Å²) in [6, 6.07) is 10.7. The van der Waals surface area contributed by atoms with Gasteiger partial charge in [0, 0.05) is 33.9 Å². The van der Waals surface area contributed by atoms with Crippen LogP contribution in [0.5, 0.6) is 5.75 Å². The Bertz CT molecular complexity index is 906. The van der Waals surface area contributed by atoms with Crippen LogP contribution in [0.4, 0.5) is 4.39 Å². The molecule has 29 heavy (non-hydrogen) atoms. The Morgan fingerprint density at radius 1 is 1.41 bits per heavy atom. The first-order valence-corrected chi connectivity index (χ1v) is 11.6. The Labute approximate surface area is 188 Å². The summed E-state index contributed by atoms with van der Waals surface area (Å²) in [5, 5.41) is 0.0303. The fraction of sp³-hybridized carbons (Fsp3) is 0.364. The molecule has 1 aliphatic rings. The Morgan fingerprint density at radius 3 is 2.66 bits per heavy atom. The molecule has 0 aliphatic carbocycles. The van der Waals surface area contributed by atoms with Gasteiger partial charge in [0.25, 0.3) is 0 Å². The highest BCUT2D eigenvalue weighted by Gasteiger charge is 2.50. The summed E-state index contributed by atoms with van der Waals surface area (Å²) in [4.78, 5) is 0. The molecule has 0 spiro atoms. The largest absolute Gasteiger partial charge is 0.598 e. The van der Waals surface area contributed by atoms with E-state index < -0.39 is 27.5 Å². The Morgan fingerprint density at radius 2 is 2.07 bits per heavy atom. The zero-order valence-electron chi connectivity index (χ0n) is 16.6. The number of hydrogen-bond donors (Lipinski definition) is 1. The van der Waals surface area contributed by atoms with Crippen molar-refractivity contribution < 1.29 is 13.7 Å². The van der Waals surface area contributed by atoms with Crippen molar-refractivity contribution in [2.75, 3.05) is 0 Å². The minimum atomic E-state index is -1.33. The molecular formula is C22H24BrClFNO2S. The molecule has 0 bridgehead atoms. The van der Waals surface area contributed by atoms with Crippen LogP contribution in [0, 0.1) is 5.82 Å². The molecule has 2 unspecified atom stereocenters. The molecule has 0 saturated carbocycles. The van der Waals surface area contributed by atoms with Crippen LogP contribution < -0.4 is 9.46 Å². The first-order chi connectivity index (χ1) is 13.6. The summed E-state index contributed by atoms with van der Waals surface area (Å²) in [5.74, 6) is -0.118. The number of rotatable bonds is 6. The molecule has 1 aliphatic heterocycles. The fourth-order valence-corrected chi connectivity index (χ4v) is 5.04. The summed E-state index contributed by atoms with van der Waals surface area (Å²) in [5.41, 5.74) is 0.806. The van der Waals surface area contributed by atoms with Crippen LogP contribution in [0.3, 0.4) is 0 Å². The second-order valence-corrected chi connectivity index (χ2v) is 11.2. The van der Waals surface area contributed by atoms with Gasteiger partial charge in [-0.05, 0) is 48.7 Å². The molecule has 3 atom stereocenters. The van der Waals surface area contributed by atoms with Crippen molar-refractivity contribution in [2.45, 2.75) is 50.0 Å². The molecule has 7 heteroatoms. The van der Waals surface area contributed by atoms with Gasteiger partial charge >= 0.3 is 0 Å². The van der Waals surface area contributed by atoms with Crippen LogP contribution in [-0.2, 0) is 23.4 Å². The molecule has 0 fully saturated rings. The number of nitrogens with one attached hydrogen (secondary N) is 1. The summed E-state index contributed by atoms with van der Waals surface area (Å²) < 4.78 is 37.0. The molecule has 0 saturated heterocycles. The van der Waals surface area contributed by atoms with Gasteiger partial charge in [0.2, 0.25) is 0 Å². The summed E-state index contributed by atoms with van der Waals surface area (Å²) >= 11 is 8.22. The van der Waals surface area contributed by atoms with E-state index in [1.165, 1.54) is 6.07 Å². The fourth-order valence-electron chi connectivity index (χ4n) is 3.44. The third-order valence-electron chi connectivity index (χ3n) is 4.99. The van der Waals surface area contributed by atoms with Gasteiger partial charge < -0.3 is 9.29 Å². The first-order valence-electron chi connectivity index (χ1n) is 9.30. The number of benzene rings is 2. The molecule has 156 valence electrons. The molecule has 1 heterocycles. The minimum Gasteiger partial charge on any atom is -0.598 e. The summed E-state index contributed by atoms with van der Waals surface area (Å²) in [6.45, 7) is 9.60. The zero-order chi connectivity index (χ0) is 21.4. The van der Waals surface area contributed by atoms with E-state index in [0.29, 0.717) is 23.1 Å². The smallest absolute Gasteiger partial charge is 0.158 e. The normalized spacial score (nSPS) is 20.7. The maximum Gasteiger partial charge on any atom is 0.158 e. The van der Waals surface area contributed by atoms with Gasteiger partial charge in [-0.25, -0.2) is 4.39 Å². The van der Waals surface area contributed by atoms with Crippen molar-refractivity contribution in [3.8, 4) is 5.75 Å². The lowest BCUT2D eigenvalue weighted by Gasteiger charge is -2.38. The highest BCUT2D eigenvalue weighted by molar-refractivity contribution is 9.10. The van der Waals surface area contributed by atoms with Crippen molar-refractivity contribution in [3.63, 3.8) is 0 Å². The van der Waals surface area contributed by atoms with Crippen LogP contribution in [-0.4, -0.2) is 15.3 Å². The molecule has 2 aromatic rings. The van der Waals surface area contributed by atoms with Crippen molar-refractivity contribution in [3.05, 3.63) is 75.5 Å². The van der Waals surface area contributed by atoms with E-state index in [9.17, 15) is 8.94 Å². The molecule has 3 rings (SSSR count). The molecule has 0 amide bonds. The van der Waals surface area contributed by atoms with E-state index in [-0.39, 0.29) is 11.1 Å². The minimum absolute atomic E-state index is 0.0303. The van der Waals surface area contributed by atoms with Gasteiger partial charge in [0.15, 0.2) is 5.60 Å². The lowest BCUT2D eigenvalue weighted by Crippen LogP contribution is -2.56. The number of ether oxygens (including phenoxy) is 1. The van der Waals surface area contributed by atoms with E-state index in [1.807, 2.05) is 51.1 Å². The molecule has 0 aromatic heterocycles. The quantitative estimate of drug-likeness (QED) is 0.297. The third-order valence-corrected chi connectivity index (χ3v) is 8.07. The standard InChI is InChI=1S/C22H24BrClFNO2S/c1-5-9-18(26-29(27)21(2,3)4)22(14-10-7-6-8-11-14)13-15-17(28-22)12-16(25)20(24)19(15)23/h5-8,10-12,18,26H,1,9,13H2,2-4H3/t18-,22?,29?/m0/s1. The molecule has 3 nitrogen and oxygen atoms in total. The summed E-state index contributed by atoms with van der Waals surface area (Å²) in [6.07, 6.45) is 2.73. The topological polar surface area (TPSA) is 44.3 Å². The predicted octanol–water partition coefficient (Wildman–Crippen LogP) is 6.07. The zero-order valence-corrected chi connectivity index (χ0v) is 19.8. The van der Waals surface area contributed by atoms with Gasteiger partial charge in [-0.15, -0.1) is 11.3 Å². The Balaban J connectivity index is 2.12. The summed E-state index contributed by atoms with van der Waals surface area (Å²) in [7, 11) is 0. The predicted molar refractivity (Wildman–Crippen MR) is 121 cm³/mol. The number of fused-ring (bicyclic) bond motifs is 1. The van der Waals surface area contributed by atoms with Crippen LogP contribution in [0.15, 0.2) is 53.5 Å². The average molecular weight is 501 g/mol. The van der Waals surface area contributed by atoms with Gasteiger partial charge in [-0.3, -0.25) is 0 Å². The molecule has 1 N–H and O–H groups in total. The third kappa shape index (κ3) is 4.37. The van der Waals surface area contributed by atoms with E-state index in [1.54, 1.807) is 6.08 Å². The van der Waals surface area contributed by atoms with Crippen LogP contribution in [0.25, 0.3) is 0 Å². The molecule has 2 aromatic carbocycles. The maximum absolute atomic E-state index is 14.3. The second kappa shape index (κ2) is 8.60. The molecule has 0 radical (unpaired) electrons. The highest BCUT2D eigenvalue weighted by atomic mass is 79.9. The van der Waals surface area contributed by atoms with Crippen LogP contribution >= 0.6 is 27.5 Å². The molecular weight excluding hydrogens is 477 g/mol. The van der Waals surface area contributed by atoms with Crippen molar-refractivity contribution >= 4 is 38.9 Å². The lowest BCUT2D eigenvalue weighted by atomic mass is 9.81. The van der Waals surface area contributed by atoms with Crippen LogP contribution in [0.2, 0.25) is 5.02 Å². The number of halogens is 3. The van der Waals surface area contributed by atoms with Gasteiger partial charge in [0.1, 0.15) is 22.4 Å². The van der Waals surface area contributed by atoms with E-state index >= 15 is 0 Å². The van der Waals surface area contributed by atoms with Crippen molar-refractivity contribution in [1.82, 2.24) is 4.72 Å². The average Bonchev–Trinajstić information content (AvgIpc) is 3.06. The van der Waals surface area contributed by atoms with Crippen LogP contribution in [0.1, 0.15) is 38.3 Å². The Hall–Kier alpha value is -1.05. The van der Waals surface area contributed by atoms with Gasteiger partial charge in [-0.1, -0.05) is 48.0 Å². The maximum atomic E-state index is 14.3. The van der Waals surface area contributed by atoms with E-state index in [2.05, 4.69) is 27.2 Å². The second-order valence-electron chi connectivity index (χ2n) is 8.07. The lowest BCUT2D eigenvalue weighted by molar-refractivity contribution is 0.0560. The van der Waals surface area contributed by atoms with Gasteiger partial charge in [-0.2, -0.15) is 0 Å². The monoisotopic (exact) mass is 499 g/mol. The van der Waals surface area contributed by atoms with Gasteiger partial charge in [0.05, 0.1) is 5.02 Å². The Kier molecular flexibility index (Phi) is 6.71. The highest BCUT2D eigenvalue weighted by Crippen LogP contribution is 2.49. The van der Waals surface area contributed by atoms with E-state index in [4.69, 9.17) is 16.3 Å². The number of hydrogen-bond acceptors (Lipinski definition) is 3. The van der Waals surface area contributed by atoms with Crippen molar-refractivity contribution in [2.24, 2.45) is 0 Å². The van der Waals surface area contributed by atoms with Crippen molar-refractivity contribution in [1.29, 1.82) is 0 Å². The first kappa shape index (κ1) is 22.6. The SMILES string of the molecule is C=CC[C@H](N[S+]([O-])C(C)(C)C)C1(c2ccccc2)Cc2c(cc(F)c(Cl)c2Br)O1. The van der Waals surface area contributed by atoms with E-state index in [0.717, 1.165) is 11.1 Å².